The zero-order chi connectivity index (χ0) is 28.1. The molecule has 2 aromatic heterocycles. The van der Waals surface area contributed by atoms with Crippen molar-refractivity contribution in [1.29, 1.82) is 0 Å². The van der Waals surface area contributed by atoms with Crippen molar-refractivity contribution in [3.05, 3.63) is 72.0 Å². The summed E-state index contributed by atoms with van der Waals surface area (Å²) in [5.41, 5.74) is 11.2. The monoisotopic (exact) mass is 571 g/mol. The predicted molar refractivity (Wildman–Crippen MR) is 141 cm³/mol. The maximum atomic E-state index is 13.0. The second-order valence-corrected chi connectivity index (χ2v) is 9.96. The van der Waals surface area contributed by atoms with Crippen LogP contribution in [0.15, 0.2) is 65.8 Å². The molecule has 16 heteroatoms. The molecule has 202 valence electrons. The molecule has 0 radical (unpaired) electrons. The van der Waals surface area contributed by atoms with Crippen LogP contribution in [0.3, 0.4) is 0 Å². The number of amides is 3. The molecule has 4 rings (SSSR count). The summed E-state index contributed by atoms with van der Waals surface area (Å²) >= 11 is 2.17. The quantitative estimate of drug-likeness (QED) is 0.0673. The highest BCUT2D eigenvalue weighted by Crippen LogP contribution is 2.40. The van der Waals surface area contributed by atoms with Crippen molar-refractivity contribution in [1.82, 2.24) is 19.6 Å². The van der Waals surface area contributed by atoms with Gasteiger partial charge in [0.1, 0.15) is 23.7 Å². The van der Waals surface area contributed by atoms with Gasteiger partial charge in [-0.05, 0) is 11.6 Å². The van der Waals surface area contributed by atoms with Crippen molar-refractivity contribution >= 4 is 57.8 Å². The number of pyridine rings is 1. The van der Waals surface area contributed by atoms with Gasteiger partial charge >= 0.3 is 5.97 Å². The van der Waals surface area contributed by atoms with E-state index in [-0.39, 0.29) is 34.7 Å². The fourth-order valence-corrected chi connectivity index (χ4v) is 5.46. The zero-order valence-electron chi connectivity index (χ0n) is 20.2. The van der Waals surface area contributed by atoms with Gasteiger partial charge in [-0.15, -0.1) is 11.8 Å². The van der Waals surface area contributed by atoms with Crippen LogP contribution in [0.1, 0.15) is 16.2 Å². The first-order valence-electron chi connectivity index (χ1n) is 11.3. The fraction of sp³-hybridized carbons (Fsp3) is 0.217. The van der Waals surface area contributed by atoms with E-state index in [1.807, 2.05) is 0 Å². The van der Waals surface area contributed by atoms with Crippen LogP contribution >= 0.6 is 23.3 Å². The van der Waals surface area contributed by atoms with Gasteiger partial charge in [-0.1, -0.05) is 23.9 Å². The number of thioether (sulfide) groups is 1. The van der Waals surface area contributed by atoms with Crippen molar-refractivity contribution in [3.8, 4) is 0 Å². The van der Waals surface area contributed by atoms with E-state index < -0.39 is 35.1 Å². The Balaban J connectivity index is 1.47. The SMILES string of the molecule is C=CCO/N=C(\C(=O)NC1C(=O)N2C(C(=O)O)=C(/C=C/C[n+]3ccc(C(N)=O)cc3)CS[C@H]12)c1nsc(N)n1. The van der Waals surface area contributed by atoms with Gasteiger partial charge in [0.2, 0.25) is 17.4 Å². The highest BCUT2D eigenvalue weighted by Gasteiger charge is 2.54. The van der Waals surface area contributed by atoms with Crippen LogP contribution in [-0.2, 0) is 25.8 Å². The van der Waals surface area contributed by atoms with Gasteiger partial charge < -0.3 is 26.7 Å². The maximum Gasteiger partial charge on any atom is 0.352 e. The molecule has 1 fully saturated rings. The molecule has 1 saturated heterocycles. The molecule has 4 heterocycles. The van der Waals surface area contributed by atoms with Gasteiger partial charge in [0.05, 0.1) is 5.56 Å². The number of carbonyl (C=O) groups is 4. The van der Waals surface area contributed by atoms with E-state index in [0.29, 0.717) is 17.7 Å². The summed E-state index contributed by atoms with van der Waals surface area (Å²) in [6.45, 7) is 3.91. The number of rotatable bonds is 11. The number of aromatic nitrogens is 3. The van der Waals surface area contributed by atoms with E-state index in [1.165, 1.54) is 17.8 Å². The number of anilines is 1. The van der Waals surface area contributed by atoms with E-state index in [2.05, 4.69) is 26.4 Å². The second-order valence-electron chi connectivity index (χ2n) is 8.07. The van der Waals surface area contributed by atoms with E-state index in [4.69, 9.17) is 16.3 Å². The Bertz CT molecular complexity index is 1420. The molecule has 2 atom stereocenters. The van der Waals surface area contributed by atoms with Crippen molar-refractivity contribution in [3.63, 3.8) is 0 Å². The molecule has 1 unspecified atom stereocenters. The number of carboxylic acids is 1. The molecular weight excluding hydrogens is 548 g/mol. The Hall–Kier alpha value is -4.57. The number of nitrogens with one attached hydrogen (secondary N) is 1. The fourth-order valence-electron chi connectivity index (χ4n) is 3.71. The van der Waals surface area contributed by atoms with Crippen molar-refractivity contribution in [2.75, 3.05) is 18.1 Å². The lowest BCUT2D eigenvalue weighted by Gasteiger charge is -2.49. The van der Waals surface area contributed by atoms with Crippen LogP contribution in [0.2, 0.25) is 0 Å². The van der Waals surface area contributed by atoms with Crippen LogP contribution in [0.4, 0.5) is 5.13 Å². The Morgan fingerprint density at radius 3 is 2.72 bits per heavy atom. The van der Waals surface area contributed by atoms with E-state index >= 15 is 0 Å². The minimum Gasteiger partial charge on any atom is -0.477 e. The Morgan fingerprint density at radius 2 is 2.10 bits per heavy atom. The number of nitrogens with two attached hydrogens (primary N) is 2. The third kappa shape index (κ3) is 5.96. The first-order valence-corrected chi connectivity index (χ1v) is 13.1. The van der Waals surface area contributed by atoms with Crippen LogP contribution in [0.25, 0.3) is 0 Å². The summed E-state index contributed by atoms with van der Waals surface area (Å²) in [7, 11) is 0. The van der Waals surface area contributed by atoms with Gasteiger partial charge in [0, 0.05) is 29.4 Å². The molecule has 3 amide bonds. The number of carboxylic acid groups (broad SMARTS) is 1. The van der Waals surface area contributed by atoms with Gasteiger partial charge in [-0.3, -0.25) is 19.3 Å². The molecule has 0 aromatic carbocycles. The highest BCUT2D eigenvalue weighted by atomic mass is 32.2. The van der Waals surface area contributed by atoms with Crippen LogP contribution in [0, 0.1) is 0 Å². The summed E-state index contributed by atoms with van der Waals surface area (Å²) in [5.74, 6) is -2.94. The third-order valence-electron chi connectivity index (χ3n) is 5.51. The minimum atomic E-state index is -1.27. The molecule has 0 saturated carbocycles. The number of oxime groups is 1. The molecule has 0 bridgehead atoms. The Kier molecular flexibility index (Phi) is 8.36. The molecule has 0 aliphatic carbocycles. The molecule has 2 aliphatic heterocycles. The van der Waals surface area contributed by atoms with Gasteiger partial charge in [-0.25, -0.2) is 9.36 Å². The smallest absolute Gasteiger partial charge is 0.352 e. The number of β-lactam (4-membered cyclic amide) rings is 1. The standard InChI is InChI=1S/C23H22N8O6S2/c1-2-10-37-28-14(18-27-23(25)39-29-18)19(33)26-15-20(34)31-16(22(35)36)13(11-38-21(15)31)4-3-7-30-8-5-12(6-9-30)17(24)32/h2-6,8-9,15,21H,1,7,10-11H2,(H5-,24,25,26,27,29,32,33,35,36)/p+1/b4-3+,28-14-/t15?,21-/m1/s1. The first-order chi connectivity index (χ1) is 18.7. The van der Waals surface area contributed by atoms with Crippen LogP contribution in [0.5, 0.6) is 0 Å². The largest absolute Gasteiger partial charge is 0.477 e. The number of hydrogen-bond acceptors (Lipinski definition) is 11. The number of primary amides is 1. The normalized spacial score (nSPS) is 18.9. The Morgan fingerprint density at radius 1 is 1.36 bits per heavy atom. The van der Waals surface area contributed by atoms with E-state index in [9.17, 15) is 24.3 Å². The number of aliphatic carboxylic acids is 1. The summed E-state index contributed by atoms with van der Waals surface area (Å²) in [4.78, 5) is 59.4. The summed E-state index contributed by atoms with van der Waals surface area (Å²) < 4.78 is 5.74. The van der Waals surface area contributed by atoms with Crippen molar-refractivity contribution < 1.29 is 33.7 Å². The zero-order valence-corrected chi connectivity index (χ0v) is 21.9. The maximum absolute atomic E-state index is 13.0. The molecule has 39 heavy (non-hydrogen) atoms. The third-order valence-corrected chi connectivity index (χ3v) is 7.36. The van der Waals surface area contributed by atoms with Crippen LogP contribution in [-0.4, -0.2) is 72.5 Å². The number of nitrogens with zero attached hydrogens (tertiary/aromatic N) is 5. The molecule has 14 nitrogen and oxygen atoms in total. The lowest BCUT2D eigenvalue weighted by molar-refractivity contribution is -0.687. The Labute approximate surface area is 229 Å². The number of fused-ring (bicyclic) bond motifs is 1. The average molecular weight is 572 g/mol. The summed E-state index contributed by atoms with van der Waals surface area (Å²) in [5, 5.41) is 15.7. The summed E-state index contributed by atoms with van der Waals surface area (Å²) in [6, 6.07) is 2.16. The molecule has 0 spiro atoms. The molecule has 6 N–H and O–H groups in total. The van der Waals surface area contributed by atoms with Crippen molar-refractivity contribution in [2.24, 2.45) is 10.9 Å². The highest BCUT2D eigenvalue weighted by molar-refractivity contribution is 8.00. The number of nitrogen functional groups attached to an aromatic ring is 1. The van der Waals surface area contributed by atoms with Gasteiger partial charge in [0.15, 0.2) is 24.1 Å². The average Bonchev–Trinajstić information content (AvgIpc) is 3.35. The topological polar surface area (TPSA) is 207 Å². The molecular formula is C23H23N8O6S2+. The number of hydrogen-bond donors (Lipinski definition) is 4. The summed E-state index contributed by atoms with van der Waals surface area (Å²) in [6.07, 6.45) is 8.15. The van der Waals surface area contributed by atoms with Gasteiger partial charge in [-0.2, -0.15) is 9.36 Å². The van der Waals surface area contributed by atoms with Gasteiger partial charge in [0.25, 0.3) is 11.8 Å². The number of carbonyl (C=O) groups excluding carboxylic acids is 3. The van der Waals surface area contributed by atoms with Crippen molar-refractivity contribution in [2.45, 2.75) is 18.0 Å². The second kappa shape index (κ2) is 11.9. The first kappa shape index (κ1) is 27.5. The lowest BCUT2D eigenvalue weighted by atomic mass is 10.0. The molecule has 2 aromatic rings. The van der Waals surface area contributed by atoms with Crippen LogP contribution < -0.4 is 21.4 Å². The minimum absolute atomic E-state index is 0.0191. The lowest BCUT2D eigenvalue weighted by Crippen LogP contribution is -2.71. The van der Waals surface area contributed by atoms with E-state index in [0.717, 1.165) is 16.4 Å². The van der Waals surface area contributed by atoms with E-state index in [1.54, 1.807) is 41.2 Å². The molecule has 2 aliphatic rings. The number of allylic oxidation sites excluding steroid dienone is 2. The predicted octanol–water partition coefficient (Wildman–Crippen LogP) is -0.592.